The van der Waals surface area contributed by atoms with Gasteiger partial charge in [0.25, 0.3) is 0 Å². The van der Waals surface area contributed by atoms with Gasteiger partial charge in [-0.25, -0.2) is 0 Å². The first kappa shape index (κ1) is 9.92. The molecule has 1 fully saturated rings. The van der Waals surface area contributed by atoms with Crippen LogP contribution in [0.15, 0.2) is 0 Å². The minimum Gasteiger partial charge on any atom is -0.394 e. The van der Waals surface area contributed by atoms with Crippen LogP contribution >= 0.6 is 0 Å². The average molecular weight is 174 g/mol. The average Bonchev–Trinajstić information content (AvgIpc) is 2.33. The van der Waals surface area contributed by atoms with Crippen LogP contribution in [0.4, 0.5) is 0 Å². The monoisotopic (exact) mass is 174 g/mol. The molecule has 0 bridgehead atoms. The highest BCUT2D eigenvalue weighted by Crippen LogP contribution is 1.96. The second kappa shape index (κ2) is 5.48. The van der Waals surface area contributed by atoms with E-state index in [1.165, 1.54) is 0 Å². The van der Waals surface area contributed by atoms with Gasteiger partial charge < -0.3 is 15.5 Å². The molecule has 0 aromatic rings. The fourth-order valence-electron chi connectivity index (χ4n) is 1.44. The smallest absolute Gasteiger partial charge is 0.0897 e. The number of aliphatic hydroxyl groups excluding tert-OH is 2. The number of nitrogens with zero attached hydrogens (tertiary/aromatic N) is 1. The predicted octanol–water partition coefficient (Wildman–Crippen LogP) is -1.37. The predicted molar refractivity (Wildman–Crippen MR) is 47.0 cm³/mol. The van der Waals surface area contributed by atoms with E-state index in [2.05, 4.69) is 10.2 Å². The van der Waals surface area contributed by atoms with E-state index in [9.17, 15) is 5.11 Å². The number of aliphatic hydroxyl groups is 2. The summed E-state index contributed by atoms with van der Waals surface area (Å²) in [5.41, 5.74) is 0. The minimum atomic E-state index is -0.580. The maximum Gasteiger partial charge on any atom is 0.0897 e. The summed E-state index contributed by atoms with van der Waals surface area (Å²) in [4.78, 5) is 2.18. The van der Waals surface area contributed by atoms with Crippen molar-refractivity contribution in [3.63, 3.8) is 0 Å². The maximum atomic E-state index is 9.19. The molecular formula is C8H18N2O2. The Labute approximate surface area is 73.2 Å². The molecule has 1 saturated heterocycles. The van der Waals surface area contributed by atoms with Crippen LogP contribution in [0, 0.1) is 0 Å². The van der Waals surface area contributed by atoms with Crippen LogP contribution in [0.3, 0.4) is 0 Å². The molecule has 1 heterocycles. The quantitative estimate of drug-likeness (QED) is 0.494. The molecule has 1 atom stereocenters. The Morgan fingerprint density at radius 2 is 2.17 bits per heavy atom. The number of hydrogen-bond acceptors (Lipinski definition) is 4. The topological polar surface area (TPSA) is 55.7 Å². The van der Waals surface area contributed by atoms with Crippen LogP contribution in [0.5, 0.6) is 0 Å². The van der Waals surface area contributed by atoms with Crippen molar-refractivity contribution < 1.29 is 10.2 Å². The first-order chi connectivity index (χ1) is 5.83. The normalized spacial score (nSPS) is 23.5. The fraction of sp³-hybridized carbons (Fsp3) is 1.00. The van der Waals surface area contributed by atoms with Crippen LogP contribution < -0.4 is 5.32 Å². The van der Waals surface area contributed by atoms with Gasteiger partial charge in [-0.15, -0.1) is 0 Å². The summed E-state index contributed by atoms with van der Waals surface area (Å²) >= 11 is 0. The summed E-state index contributed by atoms with van der Waals surface area (Å²) in [6.45, 7) is 4.49. The van der Waals surface area contributed by atoms with Gasteiger partial charge in [-0.2, -0.15) is 0 Å². The van der Waals surface area contributed by atoms with E-state index in [1.807, 2.05) is 0 Å². The lowest BCUT2D eigenvalue weighted by molar-refractivity contribution is 0.0611. The highest BCUT2D eigenvalue weighted by molar-refractivity contribution is 4.68. The number of hydrogen-bond donors (Lipinski definition) is 3. The molecule has 1 rings (SSSR count). The summed E-state index contributed by atoms with van der Waals surface area (Å²) in [5.74, 6) is 0. The molecule has 0 aromatic carbocycles. The molecule has 0 spiro atoms. The molecule has 1 aliphatic heterocycles. The fourth-order valence-corrected chi connectivity index (χ4v) is 1.44. The van der Waals surface area contributed by atoms with E-state index in [0.717, 1.165) is 32.6 Å². The van der Waals surface area contributed by atoms with Crippen molar-refractivity contribution in [2.24, 2.45) is 0 Å². The molecule has 0 radical (unpaired) electrons. The van der Waals surface area contributed by atoms with Crippen molar-refractivity contribution >= 4 is 0 Å². The first-order valence-corrected chi connectivity index (χ1v) is 4.55. The zero-order chi connectivity index (χ0) is 8.81. The van der Waals surface area contributed by atoms with Crippen LogP contribution in [0.2, 0.25) is 0 Å². The Morgan fingerprint density at radius 3 is 2.92 bits per heavy atom. The number of rotatable bonds is 3. The largest absolute Gasteiger partial charge is 0.394 e. The third-order valence-electron chi connectivity index (χ3n) is 2.11. The zero-order valence-electron chi connectivity index (χ0n) is 7.37. The molecule has 12 heavy (non-hydrogen) atoms. The molecule has 0 aliphatic carbocycles. The Kier molecular flexibility index (Phi) is 4.53. The molecular weight excluding hydrogens is 156 g/mol. The van der Waals surface area contributed by atoms with Crippen molar-refractivity contribution in [3.8, 4) is 0 Å². The van der Waals surface area contributed by atoms with Gasteiger partial charge in [-0.1, -0.05) is 0 Å². The molecule has 1 aliphatic rings. The van der Waals surface area contributed by atoms with Gasteiger partial charge >= 0.3 is 0 Å². The lowest BCUT2D eigenvalue weighted by atomic mass is 10.3. The maximum absolute atomic E-state index is 9.19. The molecule has 0 amide bonds. The summed E-state index contributed by atoms with van der Waals surface area (Å²) in [5, 5.41) is 21.1. The molecule has 3 N–H and O–H groups in total. The van der Waals surface area contributed by atoms with Gasteiger partial charge in [0.05, 0.1) is 12.7 Å². The van der Waals surface area contributed by atoms with E-state index < -0.39 is 6.10 Å². The highest BCUT2D eigenvalue weighted by Gasteiger charge is 2.11. The molecule has 1 unspecified atom stereocenters. The Balaban J connectivity index is 2.20. The Hall–Kier alpha value is -0.160. The van der Waals surface area contributed by atoms with Crippen LogP contribution in [0.1, 0.15) is 6.42 Å². The van der Waals surface area contributed by atoms with E-state index in [4.69, 9.17) is 5.11 Å². The van der Waals surface area contributed by atoms with Crippen LogP contribution in [-0.4, -0.2) is 60.5 Å². The van der Waals surface area contributed by atoms with Gasteiger partial charge in [0.15, 0.2) is 0 Å². The van der Waals surface area contributed by atoms with E-state index in [-0.39, 0.29) is 6.61 Å². The SMILES string of the molecule is OCC(O)CN1CCCNCC1. The lowest BCUT2D eigenvalue weighted by Gasteiger charge is -2.21. The highest BCUT2D eigenvalue weighted by atomic mass is 16.3. The van der Waals surface area contributed by atoms with Crippen molar-refractivity contribution in [2.75, 3.05) is 39.3 Å². The van der Waals surface area contributed by atoms with Crippen molar-refractivity contribution in [1.82, 2.24) is 10.2 Å². The van der Waals surface area contributed by atoms with Gasteiger partial charge in [-0.3, -0.25) is 4.90 Å². The van der Waals surface area contributed by atoms with Gasteiger partial charge in [0.2, 0.25) is 0 Å². The Morgan fingerprint density at radius 1 is 1.33 bits per heavy atom. The van der Waals surface area contributed by atoms with Gasteiger partial charge in [0.1, 0.15) is 0 Å². The van der Waals surface area contributed by atoms with Crippen molar-refractivity contribution in [3.05, 3.63) is 0 Å². The van der Waals surface area contributed by atoms with E-state index in [0.29, 0.717) is 6.54 Å². The van der Waals surface area contributed by atoms with E-state index >= 15 is 0 Å². The first-order valence-electron chi connectivity index (χ1n) is 4.55. The summed E-state index contributed by atoms with van der Waals surface area (Å²) < 4.78 is 0. The van der Waals surface area contributed by atoms with Crippen LogP contribution in [0.25, 0.3) is 0 Å². The lowest BCUT2D eigenvalue weighted by Crippen LogP contribution is -2.36. The second-order valence-corrected chi connectivity index (χ2v) is 3.24. The molecule has 72 valence electrons. The van der Waals surface area contributed by atoms with Crippen LogP contribution in [-0.2, 0) is 0 Å². The molecule has 0 saturated carbocycles. The summed E-state index contributed by atoms with van der Waals surface area (Å²) in [6, 6.07) is 0. The molecule has 4 nitrogen and oxygen atoms in total. The van der Waals surface area contributed by atoms with Crippen molar-refractivity contribution in [2.45, 2.75) is 12.5 Å². The van der Waals surface area contributed by atoms with E-state index in [1.54, 1.807) is 0 Å². The minimum absolute atomic E-state index is 0.135. The van der Waals surface area contributed by atoms with Gasteiger partial charge in [0, 0.05) is 19.6 Å². The number of β-amino-alcohol motifs (C(OH)–C–C–N with tert-alkyl or cyclic N) is 1. The standard InChI is InChI=1S/C8H18N2O2/c11-7-8(12)6-10-4-1-2-9-3-5-10/h8-9,11-12H,1-7H2. The molecule has 0 aromatic heterocycles. The second-order valence-electron chi connectivity index (χ2n) is 3.24. The van der Waals surface area contributed by atoms with Gasteiger partial charge in [-0.05, 0) is 19.5 Å². The third-order valence-corrected chi connectivity index (χ3v) is 2.11. The zero-order valence-corrected chi connectivity index (χ0v) is 7.37. The summed E-state index contributed by atoms with van der Waals surface area (Å²) in [6.07, 6.45) is 0.543. The molecule has 4 heteroatoms. The number of nitrogens with one attached hydrogen (secondary N) is 1. The Bertz CT molecular complexity index is 114. The van der Waals surface area contributed by atoms with Crippen molar-refractivity contribution in [1.29, 1.82) is 0 Å². The summed E-state index contributed by atoms with van der Waals surface area (Å²) in [7, 11) is 0. The third kappa shape index (κ3) is 3.49.